The first kappa shape index (κ1) is 24.5. The molecule has 0 bridgehead atoms. The summed E-state index contributed by atoms with van der Waals surface area (Å²) in [6.45, 7) is 12.0. The molecular weight excluding hydrogens is 464 g/mol. The summed E-state index contributed by atoms with van der Waals surface area (Å²) >= 11 is 0. The van der Waals surface area contributed by atoms with Gasteiger partial charge in [0.15, 0.2) is 0 Å². The molecule has 37 heavy (non-hydrogen) atoms. The molecule has 3 aromatic carbocycles. The molecule has 2 aliphatic rings. The van der Waals surface area contributed by atoms with Crippen LogP contribution in [0.3, 0.4) is 0 Å². The van der Waals surface area contributed by atoms with Crippen LogP contribution in [0.25, 0.3) is 15.6 Å². The quantitative estimate of drug-likeness (QED) is 0.523. The lowest BCUT2D eigenvalue weighted by atomic mass is 9.80. The SMILES string of the molecule is [C-]#[N+][C@@H]1C[C@@]2(CN1C(=O)[C@H](CC(C)C)N(C)C(=O)c1ccc3ccccc3c1)C(=O)Nc1ccccc12. The van der Waals surface area contributed by atoms with Gasteiger partial charge in [0.25, 0.3) is 11.8 Å². The van der Waals surface area contributed by atoms with Crippen molar-refractivity contribution < 1.29 is 14.4 Å². The largest absolute Gasteiger partial charge is 0.330 e. The highest BCUT2D eigenvalue weighted by Gasteiger charge is 2.59. The number of likely N-dealkylation sites (tertiary alicyclic amines) is 1. The van der Waals surface area contributed by atoms with Gasteiger partial charge in [-0.1, -0.05) is 62.4 Å². The first-order valence-corrected chi connectivity index (χ1v) is 12.6. The Kier molecular flexibility index (Phi) is 6.20. The number of likely N-dealkylation sites (N-methyl/N-ethyl adjacent to an activating group) is 1. The van der Waals surface area contributed by atoms with Crippen molar-refractivity contribution in [3.8, 4) is 0 Å². The van der Waals surface area contributed by atoms with Gasteiger partial charge in [-0.3, -0.25) is 24.1 Å². The van der Waals surface area contributed by atoms with Crippen LogP contribution in [-0.2, 0) is 15.0 Å². The Morgan fingerprint density at radius 2 is 1.81 bits per heavy atom. The number of carbonyl (C=O) groups is 3. The fourth-order valence-electron chi connectivity index (χ4n) is 5.69. The number of nitrogens with zero attached hydrogens (tertiary/aromatic N) is 3. The molecule has 1 saturated heterocycles. The second kappa shape index (κ2) is 9.36. The van der Waals surface area contributed by atoms with Gasteiger partial charge in [0, 0.05) is 24.8 Å². The van der Waals surface area contributed by atoms with E-state index in [1.54, 1.807) is 13.1 Å². The van der Waals surface area contributed by atoms with E-state index >= 15 is 0 Å². The number of anilines is 1. The molecule has 3 amide bonds. The molecule has 1 N–H and O–H groups in total. The number of para-hydroxylation sites is 1. The molecule has 0 radical (unpaired) electrons. The Balaban J connectivity index is 1.46. The molecule has 5 rings (SSSR count). The summed E-state index contributed by atoms with van der Waals surface area (Å²) in [4.78, 5) is 47.6. The van der Waals surface area contributed by atoms with Crippen molar-refractivity contribution in [3.05, 3.63) is 89.3 Å². The van der Waals surface area contributed by atoms with E-state index in [1.807, 2.05) is 74.5 Å². The Morgan fingerprint density at radius 3 is 2.54 bits per heavy atom. The maximum Gasteiger partial charge on any atom is 0.302 e. The third-order valence-electron chi connectivity index (χ3n) is 7.65. The molecule has 188 valence electrons. The van der Waals surface area contributed by atoms with Crippen molar-refractivity contribution in [1.29, 1.82) is 0 Å². The van der Waals surface area contributed by atoms with E-state index in [-0.39, 0.29) is 36.6 Å². The molecule has 3 aromatic rings. The predicted molar refractivity (Wildman–Crippen MR) is 143 cm³/mol. The van der Waals surface area contributed by atoms with Crippen molar-refractivity contribution in [2.75, 3.05) is 18.9 Å². The van der Waals surface area contributed by atoms with Gasteiger partial charge < -0.3 is 10.2 Å². The van der Waals surface area contributed by atoms with Crippen LogP contribution in [0.15, 0.2) is 66.7 Å². The number of amides is 3. The number of nitrogens with one attached hydrogen (secondary N) is 1. The number of hydrogen-bond donors (Lipinski definition) is 1. The van der Waals surface area contributed by atoms with E-state index in [0.717, 1.165) is 22.0 Å². The van der Waals surface area contributed by atoms with Crippen LogP contribution >= 0.6 is 0 Å². The van der Waals surface area contributed by atoms with E-state index in [2.05, 4.69) is 10.2 Å². The van der Waals surface area contributed by atoms with Crippen LogP contribution in [0.2, 0.25) is 0 Å². The van der Waals surface area contributed by atoms with Gasteiger partial charge in [0.1, 0.15) is 11.5 Å². The minimum atomic E-state index is -0.954. The molecular formula is C30H30N4O3. The second-order valence-corrected chi connectivity index (χ2v) is 10.5. The van der Waals surface area contributed by atoms with E-state index < -0.39 is 17.6 Å². The summed E-state index contributed by atoms with van der Waals surface area (Å²) in [6, 6.07) is 20.1. The van der Waals surface area contributed by atoms with Crippen molar-refractivity contribution in [2.24, 2.45) is 5.92 Å². The molecule has 2 aliphatic heterocycles. The van der Waals surface area contributed by atoms with Crippen molar-refractivity contribution in [3.63, 3.8) is 0 Å². The third kappa shape index (κ3) is 4.13. The Bertz CT molecular complexity index is 1440. The van der Waals surface area contributed by atoms with Gasteiger partial charge in [0.2, 0.25) is 5.91 Å². The molecule has 0 aliphatic carbocycles. The first-order chi connectivity index (χ1) is 17.7. The zero-order valence-corrected chi connectivity index (χ0v) is 21.3. The van der Waals surface area contributed by atoms with Crippen LogP contribution in [0, 0.1) is 12.5 Å². The standard InChI is InChI=1S/C30H30N4O3/c1-19(2)15-25(33(4)27(35)22-14-13-20-9-5-6-10-21(20)16-22)28(36)34-18-30(17-26(34)31-3)23-11-7-8-12-24(23)32-29(30)37/h5-14,16,19,25-26H,15,17-18H2,1-2,4H3,(H,32,37)/t25-,26-,30-/m0/s1. The summed E-state index contributed by atoms with van der Waals surface area (Å²) < 4.78 is 0. The topological polar surface area (TPSA) is 74.1 Å². The maximum atomic E-state index is 14.1. The number of hydrogen-bond acceptors (Lipinski definition) is 3. The minimum absolute atomic E-state index is 0.119. The van der Waals surface area contributed by atoms with Gasteiger partial charge in [-0.15, -0.1) is 0 Å². The van der Waals surface area contributed by atoms with Crippen LogP contribution in [0.1, 0.15) is 42.6 Å². The maximum absolute atomic E-state index is 14.1. The Morgan fingerprint density at radius 1 is 1.11 bits per heavy atom. The van der Waals surface area contributed by atoms with E-state index in [4.69, 9.17) is 6.57 Å². The Hall–Kier alpha value is -4.18. The zero-order valence-electron chi connectivity index (χ0n) is 21.3. The minimum Gasteiger partial charge on any atom is -0.330 e. The normalized spacial score (nSPS) is 21.1. The van der Waals surface area contributed by atoms with Crippen LogP contribution in [0.4, 0.5) is 5.69 Å². The zero-order chi connectivity index (χ0) is 26.3. The third-order valence-corrected chi connectivity index (χ3v) is 7.65. The van der Waals surface area contributed by atoms with Crippen molar-refractivity contribution in [2.45, 2.75) is 44.3 Å². The van der Waals surface area contributed by atoms with E-state index in [1.165, 1.54) is 9.80 Å². The van der Waals surface area contributed by atoms with Crippen LogP contribution in [0.5, 0.6) is 0 Å². The predicted octanol–water partition coefficient (Wildman–Crippen LogP) is 4.69. The lowest BCUT2D eigenvalue weighted by Crippen LogP contribution is -2.51. The molecule has 7 nitrogen and oxygen atoms in total. The van der Waals surface area contributed by atoms with Gasteiger partial charge in [0.05, 0.1) is 6.42 Å². The molecule has 0 saturated carbocycles. The number of fused-ring (bicyclic) bond motifs is 3. The highest BCUT2D eigenvalue weighted by atomic mass is 16.2. The van der Waals surface area contributed by atoms with Crippen LogP contribution in [-0.4, -0.2) is 53.3 Å². The average Bonchev–Trinajstić information content (AvgIpc) is 3.43. The van der Waals surface area contributed by atoms with Crippen molar-refractivity contribution in [1.82, 2.24) is 9.80 Å². The number of carbonyl (C=O) groups excluding carboxylic acids is 3. The number of rotatable bonds is 5. The molecule has 0 unspecified atom stereocenters. The van der Waals surface area contributed by atoms with Gasteiger partial charge in [-0.05, 0) is 46.9 Å². The summed E-state index contributed by atoms with van der Waals surface area (Å²) in [5, 5.41) is 4.92. The highest BCUT2D eigenvalue weighted by molar-refractivity contribution is 6.07. The lowest BCUT2D eigenvalue weighted by molar-refractivity contribution is -0.136. The summed E-state index contributed by atoms with van der Waals surface area (Å²) in [5.74, 6) is -0.583. The summed E-state index contributed by atoms with van der Waals surface area (Å²) in [5.41, 5.74) is 1.11. The van der Waals surface area contributed by atoms with Gasteiger partial charge in [-0.25, -0.2) is 6.57 Å². The summed E-state index contributed by atoms with van der Waals surface area (Å²) in [7, 11) is 1.65. The van der Waals surface area contributed by atoms with E-state index in [9.17, 15) is 14.4 Å². The van der Waals surface area contributed by atoms with E-state index in [0.29, 0.717) is 12.0 Å². The first-order valence-electron chi connectivity index (χ1n) is 12.6. The molecule has 7 heteroatoms. The van der Waals surface area contributed by atoms with Crippen molar-refractivity contribution >= 4 is 34.2 Å². The molecule has 3 atom stereocenters. The Labute approximate surface area is 216 Å². The van der Waals surface area contributed by atoms with Crippen LogP contribution < -0.4 is 5.32 Å². The molecule has 2 heterocycles. The van der Waals surface area contributed by atoms with Gasteiger partial charge >= 0.3 is 6.17 Å². The lowest BCUT2D eigenvalue weighted by Gasteiger charge is -2.32. The van der Waals surface area contributed by atoms with Gasteiger partial charge in [-0.2, -0.15) is 0 Å². The second-order valence-electron chi connectivity index (χ2n) is 10.5. The smallest absolute Gasteiger partial charge is 0.302 e. The molecule has 1 spiro atoms. The highest BCUT2D eigenvalue weighted by Crippen LogP contribution is 2.47. The fourth-order valence-corrected chi connectivity index (χ4v) is 5.69. The number of benzene rings is 3. The molecule has 1 fully saturated rings. The average molecular weight is 495 g/mol. The summed E-state index contributed by atoms with van der Waals surface area (Å²) in [6.07, 6.45) is -0.0868. The molecule has 0 aromatic heterocycles. The fraction of sp³-hybridized carbons (Fsp3) is 0.333. The monoisotopic (exact) mass is 494 g/mol.